The summed E-state index contributed by atoms with van der Waals surface area (Å²) in [5.74, 6) is 0.121. The molecule has 0 bridgehead atoms. The fourth-order valence-corrected chi connectivity index (χ4v) is 2.64. The number of carbonyl (C=O) groups is 1. The molecule has 26 heavy (non-hydrogen) atoms. The van der Waals surface area contributed by atoms with E-state index in [0.29, 0.717) is 18.2 Å². The summed E-state index contributed by atoms with van der Waals surface area (Å²) in [6, 6.07) is 15.3. The zero-order valence-corrected chi connectivity index (χ0v) is 14.9. The van der Waals surface area contributed by atoms with Crippen molar-refractivity contribution in [1.82, 2.24) is 9.97 Å². The van der Waals surface area contributed by atoms with Crippen molar-refractivity contribution in [1.29, 1.82) is 0 Å². The Morgan fingerprint density at radius 1 is 1.04 bits per heavy atom. The average Bonchev–Trinajstić information content (AvgIpc) is 2.68. The maximum absolute atomic E-state index is 12.5. The number of amides is 1. The van der Waals surface area contributed by atoms with Crippen LogP contribution in [-0.2, 0) is 6.54 Å². The monoisotopic (exact) mass is 346 g/mol. The third kappa shape index (κ3) is 4.45. The molecule has 132 valence electrons. The number of carbonyl (C=O) groups excluding carboxylic acids is 1. The first-order chi connectivity index (χ1) is 12.6. The van der Waals surface area contributed by atoms with Crippen LogP contribution in [0.25, 0.3) is 0 Å². The van der Waals surface area contributed by atoms with Crippen LogP contribution in [0.5, 0.6) is 0 Å². The van der Waals surface area contributed by atoms with E-state index in [4.69, 9.17) is 0 Å². The number of para-hydroxylation sites is 1. The lowest BCUT2D eigenvalue weighted by Crippen LogP contribution is -2.15. The van der Waals surface area contributed by atoms with Gasteiger partial charge < -0.3 is 10.6 Å². The number of rotatable bonds is 6. The van der Waals surface area contributed by atoms with Gasteiger partial charge in [0.1, 0.15) is 5.69 Å². The molecule has 2 heterocycles. The predicted octanol–water partition coefficient (Wildman–Crippen LogP) is 4.46. The van der Waals surface area contributed by atoms with Crippen molar-refractivity contribution in [3.8, 4) is 0 Å². The molecule has 0 saturated heterocycles. The largest absolute Gasteiger partial charge is 0.380 e. The molecule has 5 nitrogen and oxygen atoms in total. The summed E-state index contributed by atoms with van der Waals surface area (Å²) in [5, 5.41) is 6.22. The molecule has 0 atom stereocenters. The normalized spacial score (nSPS) is 10.6. The van der Waals surface area contributed by atoms with Crippen LogP contribution in [0.3, 0.4) is 0 Å². The van der Waals surface area contributed by atoms with Crippen LogP contribution in [0.4, 0.5) is 11.4 Å². The molecule has 3 aromatic rings. The molecule has 3 rings (SSSR count). The smallest absolute Gasteiger partial charge is 0.274 e. The topological polar surface area (TPSA) is 66.9 Å². The number of nitrogens with one attached hydrogen (secondary N) is 2. The van der Waals surface area contributed by atoms with Crippen molar-refractivity contribution < 1.29 is 4.79 Å². The lowest BCUT2D eigenvalue weighted by atomic mass is 10.0. The highest BCUT2D eigenvalue weighted by atomic mass is 16.1. The molecule has 0 aliphatic carbocycles. The highest BCUT2D eigenvalue weighted by Crippen LogP contribution is 2.24. The molecule has 0 aliphatic heterocycles. The van der Waals surface area contributed by atoms with Gasteiger partial charge >= 0.3 is 0 Å². The summed E-state index contributed by atoms with van der Waals surface area (Å²) in [7, 11) is 0. The Morgan fingerprint density at radius 2 is 1.88 bits per heavy atom. The van der Waals surface area contributed by atoms with Crippen LogP contribution in [0.15, 0.2) is 67.1 Å². The van der Waals surface area contributed by atoms with Crippen LogP contribution in [0.1, 0.15) is 41.4 Å². The molecule has 1 amide bonds. The van der Waals surface area contributed by atoms with Crippen molar-refractivity contribution >= 4 is 17.3 Å². The fourth-order valence-electron chi connectivity index (χ4n) is 2.64. The first-order valence-corrected chi connectivity index (χ1v) is 8.62. The molecule has 1 aromatic carbocycles. The summed E-state index contributed by atoms with van der Waals surface area (Å²) >= 11 is 0. The minimum atomic E-state index is -0.211. The lowest BCUT2D eigenvalue weighted by Gasteiger charge is -2.13. The van der Waals surface area contributed by atoms with E-state index in [9.17, 15) is 4.79 Å². The Bertz CT molecular complexity index is 861. The summed E-state index contributed by atoms with van der Waals surface area (Å²) in [4.78, 5) is 20.8. The van der Waals surface area contributed by atoms with E-state index >= 15 is 0 Å². The third-order valence-electron chi connectivity index (χ3n) is 4.05. The van der Waals surface area contributed by atoms with Crippen molar-refractivity contribution in [2.75, 3.05) is 10.6 Å². The number of pyridine rings is 2. The highest BCUT2D eigenvalue weighted by molar-refractivity contribution is 6.03. The number of hydrogen-bond donors (Lipinski definition) is 2. The first-order valence-electron chi connectivity index (χ1n) is 8.62. The van der Waals surface area contributed by atoms with Gasteiger partial charge in [0.05, 0.1) is 11.9 Å². The standard InChI is InChI=1S/C21H22N4O/c1-15(2)18-7-3-4-8-19(18)25-21(26)20-10-9-17(14-24-20)23-13-16-6-5-11-22-12-16/h3-12,14-15,23H,13H2,1-2H3,(H,25,26). The summed E-state index contributed by atoms with van der Waals surface area (Å²) < 4.78 is 0. The molecule has 2 N–H and O–H groups in total. The summed E-state index contributed by atoms with van der Waals surface area (Å²) in [6.45, 7) is 4.86. The van der Waals surface area contributed by atoms with E-state index in [1.54, 1.807) is 18.5 Å². The van der Waals surface area contributed by atoms with Gasteiger partial charge in [-0.2, -0.15) is 0 Å². The first kappa shape index (κ1) is 17.6. The minimum Gasteiger partial charge on any atom is -0.380 e. The Hall–Kier alpha value is -3.21. The quantitative estimate of drug-likeness (QED) is 0.691. The van der Waals surface area contributed by atoms with Crippen molar-refractivity contribution in [2.45, 2.75) is 26.3 Å². The van der Waals surface area contributed by atoms with E-state index in [1.165, 1.54) is 0 Å². The van der Waals surface area contributed by atoms with Gasteiger partial charge in [0, 0.05) is 24.6 Å². The molecular formula is C21H22N4O. The zero-order chi connectivity index (χ0) is 18.4. The third-order valence-corrected chi connectivity index (χ3v) is 4.05. The van der Waals surface area contributed by atoms with Crippen molar-refractivity contribution in [3.63, 3.8) is 0 Å². The van der Waals surface area contributed by atoms with Gasteiger partial charge in [-0.15, -0.1) is 0 Å². The van der Waals surface area contributed by atoms with Crippen LogP contribution in [0, 0.1) is 0 Å². The molecule has 0 aliphatic rings. The maximum Gasteiger partial charge on any atom is 0.274 e. The molecule has 0 unspecified atom stereocenters. The SMILES string of the molecule is CC(C)c1ccccc1NC(=O)c1ccc(NCc2cccnc2)cn1. The van der Waals surface area contributed by atoms with E-state index in [1.807, 2.05) is 48.7 Å². The van der Waals surface area contributed by atoms with Crippen LogP contribution < -0.4 is 10.6 Å². The molecule has 0 spiro atoms. The molecule has 5 heteroatoms. The highest BCUT2D eigenvalue weighted by Gasteiger charge is 2.11. The molecule has 0 saturated carbocycles. The van der Waals surface area contributed by atoms with E-state index < -0.39 is 0 Å². The second-order valence-electron chi connectivity index (χ2n) is 6.34. The number of benzene rings is 1. The lowest BCUT2D eigenvalue weighted by molar-refractivity contribution is 0.102. The summed E-state index contributed by atoms with van der Waals surface area (Å²) in [6.07, 6.45) is 5.23. The van der Waals surface area contributed by atoms with Crippen LogP contribution in [0.2, 0.25) is 0 Å². The van der Waals surface area contributed by atoms with Gasteiger partial charge in [0.15, 0.2) is 0 Å². The fraction of sp³-hybridized carbons (Fsp3) is 0.190. The Labute approximate surface area is 153 Å². The Balaban J connectivity index is 1.64. The Kier molecular flexibility index (Phi) is 5.59. The molecule has 0 fully saturated rings. The predicted molar refractivity (Wildman–Crippen MR) is 104 cm³/mol. The Morgan fingerprint density at radius 3 is 2.58 bits per heavy atom. The van der Waals surface area contributed by atoms with Gasteiger partial charge in [-0.3, -0.25) is 9.78 Å². The number of hydrogen-bond acceptors (Lipinski definition) is 4. The van der Waals surface area contributed by atoms with Gasteiger partial charge in [-0.05, 0) is 41.3 Å². The van der Waals surface area contributed by atoms with Crippen LogP contribution in [-0.4, -0.2) is 15.9 Å². The second-order valence-corrected chi connectivity index (χ2v) is 6.34. The van der Waals surface area contributed by atoms with Gasteiger partial charge in [0.2, 0.25) is 0 Å². The van der Waals surface area contributed by atoms with Gasteiger partial charge in [-0.1, -0.05) is 38.1 Å². The van der Waals surface area contributed by atoms with Crippen molar-refractivity contribution in [2.24, 2.45) is 0 Å². The van der Waals surface area contributed by atoms with Gasteiger partial charge in [-0.25, -0.2) is 4.98 Å². The second kappa shape index (κ2) is 8.25. The molecule has 0 radical (unpaired) electrons. The molecule has 2 aromatic heterocycles. The number of nitrogens with zero attached hydrogens (tertiary/aromatic N) is 2. The van der Waals surface area contributed by atoms with E-state index in [0.717, 1.165) is 22.5 Å². The summed E-state index contributed by atoms with van der Waals surface area (Å²) in [5.41, 5.74) is 4.26. The number of anilines is 2. The van der Waals surface area contributed by atoms with Crippen LogP contribution >= 0.6 is 0 Å². The van der Waals surface area contributed by atoms with E-state index in [-0.39, 0.29) is 5.91 Å². The number of aromatic nitrogens is 2. The van der Waals surface area contributed by atoms with E-state index in [2.05, 4.69) is 34.4 Å². The average molecular weight is 346 g/mol. The van der Waals surface area contributed by atoms with Crippen molar-refractivity contribution in [3.05, 3.63) is 83.9 Å². The zero-order valence-electron chi connectivity index (χ0n) is 14.9. The molecular weight excluding hydrogens is 324 g/mol. The van der Waals surface area contributed by atoms with Gasteiger partial charge in [0.25, 0.3) is 5.91 Å². The maximum atomic E-state index is 12.5. The minimum absolute atomic E-state index is 0.211.